The fourth-order valence-corrected chi connectivity index (χ4v) is 2.51. The quantitative estimate of drug-likeness (QED) is 0.362. The topological polar surface area (TPSA) is 0 Å². The van der Waals surface area contributed by atoms with Gasteiger partial charge in [-0.1, -0.05) is 84.3 Å². The van der Waals surface area contributed by atoms with Gasteiger partial charge in [-0.3, -0.25) is 0 Å². The lowest BCUT2D eigenvalue weighted by Crippen LogP contribution is -2.01. The monoisotopic (exact) mass is 243 g/mol. The lowest BCUT2D eigenvalue weighted by molar-refractivity contribution is 0.382. The average Bonchev–Trinajstić information content (AvgIpc) is 2.31. The summed E-state index contributed by atoms with van der Waals surface area (Å²) in [6.45, 7) is 4.58. The molecule has 0 aromatic carbocycles. The van der Waals surface area contributed by atoms with Crippen molar-refractivity contribution in [1.82, 2.24) is 0 Å². The van der Waals surface area contributed by atoms with Crippen LogP contribution in [0.1, 0.15) is 84.5 Å². The molecule has 0 aliphatic rings. The minimum Gasteiger partial charge on any atom is -0.0942 e. The molecule has 0 amide bonds. The molecule has 0 saturated heterocycles. The third-order valence-corrected chi connectivity index (χ3v) is 3.73. The molecule has 0 N–H and O–H groups in total. The van der Waals surface area contributed by atoms with E-state index in [0.29, 0.717) is 0 Å². The summed E-state index contributed by atoms with van der Waals surface area (Å²) in [6, 6.07) is 0. The van der Waals surface area contributed by atoms with Crippen LogP contribution in [-0.4, -0.2) is 5.75 Å². The average molecular weight is 243 g/mol. The number of hydrogen-bond acceptors (Lipinski definition) is 0. The van der Waals surface area contributed by atoms with Gasteiger partial charge in [-0.15, -0.1) is 0 Å². The maximum atomic E-state index is 5.06. The first kappa shape index (κ1) is 16.4. The highest BCUT2D eigenvalue weighted by Crippen LogP contribution is 2.22. The fourth-order valence-electron chi connectivity index (χ4n) is 2.35. The molecule has 1 unspecified atom stereocenters. The van der Waals surface area contributed by atoms with Crippen molar-refractivity contribution < 1.29 is 0 Å². The molecule has 0 spiro atoms. The van der Waals surface area contributed by atoms with E-state index in [-0.39, 0.29) is 0 Å². The predicted molar refractivity (Wildman–Crippen MR) is 78.1 cm³/mol. The highest BCUT2D eigenvalue weighted by atomic mass is 32.1. The van der Waals surface area contributed by atoms with Crippen LogP contribution in [0.15, 0.2) is 0 Å². The van der Waals surface area contributed by atoms with E-state index in [2.05, 4.69) is 13.8 Å². The first-order valence-electron chi connectivity index (χ1n) is 7.43. The Bertz CT molecular complexity index is 123. The van der Waals surface area contributed by atoms with E-state index in [1.807, 2.05) is 0 Å². The Morgan fingerprint density at radius 1 is 0.688 bits per heavy atom. The Kier molecular flexibility index (Phi) is 13.7. The molecule has 0 fully saturated rings. The normalized spacial score (nSPS) is 12.9. The molecule has 0 aliphatic carbocycles. The second kappa shape index (κ2) is 13.4. The van der Waals surface area contributed by atoms with Crippen LogP contribution in [-0.2, 0) is 0 Å². The van der Waals surface area contributed by atoms with Crippen LogP contribution in [0.3, 0.4) is 0 Å². The van der Waals surface area contributed by atoms with Gasteiger partial charge in [0.2, 0.25) is 0 Å². The van der Waals surface area contributed by atoms with Crippen molar-refractivity contribution in [3.05, 3.63) is 0 Å². The minimum atomic E-state index is 0.958. The van der Waals surface area contributed by atoms with Gasteiger partial charge < -0.3 is 0 Å². The summed E-state index contributed by atoms with van der Waals surface area (Å²) in [6.07, 6.45) is 15.4. The largest absolute Gasteiger partial charge is 0.0942 e. The smallest absolute Gasteiger partial charge is 0.00370 e. The van der Waals surface area contributed by atoms with Gasteiger partial charge in [0.25, 0.3) is 0 Å². The maximum absolute atomic E-state index is 5.06. The summed E-state index contributed by atoms with van der Waals surface area (Å²) in [5.74, 6) is 1.94. The summed E-state index contributed by atoms with van der Waals surface area (Å²) < 4.78 is 0. The molecule has 0 saturated carbocycles. The summed E-state index contributed by atoms with van der Waals surface area (Å²) in [5, 5.41) is 0. The standard InChI is InChI=1S/C15H31S/c1-3-5-7-9-12-15(13-10-14-16)11-8-6-4-2/h15H,3-14H2,1-2H3. The zero-order valence-electron chi connectivity index (χ0n) is 11.5. The first-order valence-corrected chi connectivity index (χ1v) is 8.00. The second-order valence-electron chi connectivity index (χ2n) is 5.06. The molecule has 0 aliphatic heterocycles. The van der Waals surface area contributed by atoms with Crippen molar-refractivity contribution in [2.24, 2.45) is 5.92 Å². The molecular formula is C15H31S. The molecule has 0 aromatic heterocycles. The van der Waals surface area contributed by atoms with E-state index in [9.17, 15) is 0 Å². The van der Waals surface area contributed by atoms with Crippen molar-refractivity contribution in [2.45, 2.75) is 84.5 Å². The van der Waals surface area contributed by atoms with E-state index in [0.717, 1.165) is 11.7 Å². The van der Waals surface area contributed by atoms with E-state index < -0.39 is 0 Å². The first-order chi connectivity index (χ1) is 7.85. The molecule has 1 radical (unpaired) electrons. The van der Waals surface area contributed by atoms with Crippen LogP contribution in [0.25, 0.3) is 0 Å². The minimum absolute atomic E-state index is 0.958. The van der Waals surface area contributed by atoms with Crippen LogP contribution in [0.2, 0.25) is 0 Å². The SMILES string of the molecule is CCCCCCC(CCC[S])CCCCC. The van der Waals surface area contributed by atoms with E-state index in [1.165, 1.54) is 70.6 Å². The molecular weight excluding hydrogens is 212 g/mol. The number of rotatable bonds is 12. The van der Waals surface area contributed by atoms with Gasteiger partial charge in [0.1, 0.15) is 0 Å². The Balaban J connectivity index is 3.54. The van der Waals surface area contributed by atoms with Crippen LogP contribution in [0.5, 0.6) is 0 Å². The summed E-state index contributed by atoms with van der Waals surface area (Å²) in [4.78, 5) is 0. The fraction of sp³-hybridized carbons (Fsp3) is 1.00. The predicted octanol–water partition coefficient (Wildman–Crippen LogP) is 6.13. The Labute approximate surface area is 109 Å². The number of hydrogen-bond donors (Lipinski definition) is 0. The van der Waals surface area contributed by atoms with E-state index in [1.54, 1.807) is 0 Å². The third kappa shape index (κ3) is 10.9. The van der Waals surface area contributed by atoms with E-state index >= 15 is 0 Å². The van der Waals surface area contributed by atoms with Crippen molar-refractivity contribution in [1.29, 1.82) is 0 Å². The summed E-state index contributed by atoms with van der Waals surface area (Å²) in [5.41, 5.74) is 0. The molecule has 1 atom stereocenters. The molecule has 16 heavy (non-hydrogen) atoms. The maximum Gasteiger partial charge on any atom is 0.00370 e. The van der Waals surface area contributed by atoms with Crippen LogP contribution < -0.4 is 0 Å². The molecule has 0 bridgehead atoms. The molecule has 0 nitrogen and oxygen atoms in total. The van der Waals surface area contributed by atoms with Gasteiger partial charge in [0.15, 0.2) is 0 Å². The highest BCUT2D eigenvalue weighted by molar-refractivity contribution is 7.80. The van der Waals surface area contributed by atoms with Crippen LogP contribution in [0, 0.1) is 5.92 Å². The lowest BCUT2D eigenvalue weighted by atomic mass is 9.91. The zero-order chi connectivity index (χ0) is 12.1. The molecule has 0 aromatic rings. The zero-order valence-corrected chi connectivity index (χ0v) is 12.3. The second-order valence-corrected chi connectivity index (χ2v) is 5.47. The third-order valence-electron chi connectivity index (χ3n) is 3.44. The van der Waals surface area contributed by atoms with Gasteiger partial charge in [-0.25, -0.2) is 0 Å². The molecule has 0 rings (SSSR count). The van der Waals surface area contributed by atoms with Gasteiger partial charge >= 0.3 is 0 Å². The lowest BCUT2D eigenvalue weighted by Gasteiger charge is -2.16. The molecule has 97 valence electrons. The Morgan fingerprint density at radius 2 is 1.19 bits per heavy atom. The summed E-state index contributed by atoms with van der Waals surface area (Å²) >= 11 is 5.06. The van der Waals surface area contributed by atoms with Crippen LogP contribution >= 0.6 is 12.6 Å². The molecule has 1 heteroatoms. The highest BCUT2D eigenvalue weighted by Gasteiger charge is 2.07. The van der Waals surface area contributed by atoms with Crippen molar-refractivity contribution in [2.75, 3.05) is 5.75 Å². The van der Waals surface area contributed by atoms with E-state index in [4.69, 9.17) is 12.6 Å². The van der Waals surface area contributed by atoms with Crippen molar-refractivity contribution in [3.63, 3.8) is 0 Å². The Morgan fingerprint density at radius 3 is 1.75 bits per heavy atom. The van der Waals surface area contributed by atoms with Gasteiger partial charge in [-0.05, 0) is 18.8 Å². The summed E-state index contributed by atoms with van der Waals surface area (Å²) in [7, 11) is 0. The van der Waals surface area contributed by atoms with Crippen LogP contribution in [0.4, 0.5) is 0 Å². The van der Waals surface area contributed by atoms with Gasteiger partial charge in [-0.2, -0.15) is 0 Å². The van der Waals surface area contributed by atoms with Gasteiger partial charge in [0, 0.05) is 5.75 Å². The van der Waals surface area contributed by atoms with Crippen molar-refractivity contribution in [3.8, 4) is 0 Å². The van der Waals surface area contributed by atoms with Crippen molar-refractivity contribution >= 4 is 12.6 Å². The van der Waals surface area contributed by atoms with Gasteiger partial charge in [0.05, 0.1) is 0 Å². The number of unbranched alkanes of at least 4 members (excludes halogenated alkanes) is 5. The molecule has 0 heterocycles. The Hall–Kier alpha value is 0.350.